The average Bonchev–Trinajstić information content (AvgIpc) is 3.35. The van der Waals surface area contributed by atoms with E-state index >= 15 is 0 Å². The molecule has 0 unspecified atom stereocenters. The molecule has 172 valence electrons. The summed E-state index contributed by atoms with van der Waals surface area (Å²) >= 11 is 1.32. The number of fused-ring (bicyclic) bond motifs is 1. The van der Waals surface area contributed by atoms with E-state index in [9.17, 15) is 14.0 Å². The zero-order valence-corrected chi connectivity index (χ0v) is 19.4. The fourth-order valence-electron chi connectivity index (χ4n) is 3.64. The van der Waals surface area contributed by atoms with Crippen molar-refractivity contribution in [3.8, 4) is 16.9 Å². The van der Waals surface area contributed by atoms with Crippen LogP contribution < -0.4 is 10.9 Å². The Morgan fingerprint density at radius 1 is 1.24 bits per heavy atom. The number of carbonyl (C=O) groups is 1. The third-order valence-electron chi connectivity index (χ3n) is 5.22. The van der Waals surface area contributed by atoms with Crippen molar-refractivity contribution < 1.29 is 13.9 Å². The number of rotatable bonds is 8. The summed E-state index contributed by atoms with van der Waals surface area (Å²) in [5.74, 6) is -0.503. The zero-order valence-electron chi connectivity index (χ0n) is 18.6. The molecule has 0 aliphatic heterocycles. The third kappa shape index (κ3) is 4.71. The Morgan fingerprint density at radius 3 is 2.73 bits per heavy atom. The maximum absolute atomic E-state index is 13.5. The van der Waals surface area contributed by atoms with Crippen LogP contribution in [0, 0.1) is 19.7 Å². The molecule has 4 aromatic rings. The first-order valence-corrected chi connectivity index (χ1v) is 11.4. The highest BCUT2D eigenvalue weighted by molar-refractivity contribution is 7.15. The Hall–Kier alpha value is -3.37. The summed E-state index contributed by atoms with van der Waals surface area (Å²) in [6.07, 6.45) is 0.785. The summed E-state index contributed by atoms with van der Waals surface area (Å²) in [5, 5.41) is 9.21. The fraction of sp³-hybridized carbons (Fsp3) is 0.304. The van der Waals surface area contributed by atoms with Crippen molar-refractivity contribution in [1.82, 2.24) is 24.5 Å². The van der Waals surface area contributed by atoms with Crippen LogP contribution in [0.15, 0.2) is 40.5 Å². The molecular formula is C23H24FN5O3S. The van der Waals surface area contributed by atoms with Gasteiger partial charge >= 0.3 is 0 Å². The van der Waals surface area contributed by atoms with Crippen molar-refractivity contribution in [2.24, 2.45) is 0 Å². The summed E-state index contributed by atoms with van der Waals surface area (Å²) in [7, 11) is 1.61. The van der Waals surface area contributed by atoms with Gasteiger partial charge in [0.05, 0.1) is 23.4 Å². The van der Waals surface area contributed by atoms with Crippen LogP contribution in [-0.4, -0.2) is 45.3 Å². The second kappa shape index (κ2) is 9.63. The predicted octanol–water partition coefficient (Wildman–Crippen LogP) is 3.06. The van der Waals surface area contributed by atoms with Crippen molar-refractivity contribution in [1.29, 1.82) is 0 Å². The van der Waals surface area contributed by atoms with Crippen molar-refractivity contribution in [3.05, 3.63) is 69.0 Å². The van der Waals surface area contributed by atoms with Gasteiger partial charge in [0.15, 0.2) is 4.96 Å². The molecule has 1 amide bonds. The highest BCUT2D eigenvalue weighted by Gasteiger charge is 2.20. The number of benzene rings is 1. The first kappa shape index (κ1) is 22.8. The van der Waals surface area contributed by atoms with E-state index in [1.54, 1.807) is 42.3 Å². The molecule has 0 aliphatic carbocycles. The molecule has 0 saturated carbocycles. The van der Waals surface area contributed by atoms with E-state index in [0.717, 1.165) is 5.69 Å². The first-order chi connectivity index (χ1) is 15.9. The normalized spacial score (nSPS) is 11.3. The molecule has 3 heterocycles. The second-order valence-electron chi connectivity index (χ2n) is 7.65. The van der Waals surface area contributed by atoms with E-state index in [4.69, 9.17) is 4.74 Å². The van der Waals surface area contributed by atoms with Crippen molar-refractivity contribution in [2.75, 3.05) is 20.3 Å². The van der Waals surface area contributed by atoms with Gasteiger partial charge in [0.1, 0.15) is 11.5 Å². The SMILES string of the molecule is COCCCNC(=O)Cc1csc2nc(C)c(-c3cc(C)n(-c4ccc(F)cc4)n3)c(=O)n12. The molecule has 0 fully saturated rings. The molecule has 1 N–H and O–H groups in total. The maximum atomic E-state index is 13.5. The number of ether oxygens (including phenoxy) is 1. The van der Waals surface area contributed by atoms with Gasteiger partial charge in [-0.2, -0.15) is 5.10 Å². The highest BCUT2D eigenvalue weighted by Crippen LogP contribution is 2.23. The van der Waals surface area contributed by atoms with Gasteiger partial charge in [-0.15, -0.1) is 11.3 Å². The van der Waals surface area contributed by atoms with Gasteiger partial charge in [0.25, 0.3) is 5.56 Å². The number of methoxy groups -OCH3 is 1. The van der Waals surface area contributed by atoms with E-state index < -0.39 is 0 Å². The topological polar surface area (TPSA) is 90.5 Å². The summed E-state index contributed by atoms with van der Waals surface area (Å²) in [4.78, 5) is 31.0. The lowest BCUT2D eigenvalue weighted by molar-refractivity contribution is -0.120. The molecule has 0 spiro atoms. The molecule has 33 heavy (non-hydrogen) atoms. The van der Waals surface area contributed by atoms with Crippen molar-refractivity contribution >= 4 is 22.2 Å². The number of hydrogen-bond donors (Lipinski definition) is 1. The molecule has 4 rings (SSSR count). The van der Waals surface area contributed by atoms with Crippen LogP contribution in [-0.2, 0) is 16.0 Å². The van der Waals surface area contributed by atoms with Crippen LogP contribution in [0.1, 0.15) is 23.5 Å². The van der Waals surface area contributed by atoms with E-state index in [0.29, 0.717) is 52.9 Å². The molecule has 10 heteroatoms. The molecule has 0 atom stereocenters. The van der Waals surface area contributed by atoms with E-state index in [-0.39, 0.29) is 23.7 Å². The van der Waals surface area contributed by atoms with Crippen LogP contribution in [0.2, 0.25) is 0 Å². The molecule has 8 nitrogen and oxygen atoms in total. The summed E-state index contributed by atoms with van der Waals surface area (Å²) in [6.45, 7) is 4.71. The maximum Gasteiger partial charge on any atom is 0.268 e. The predicted molar refractivity (Wildman–Crippen MR) is 125 cm³/mol. The van der Waals surface area contributed by atoms with E-state index in [1.807, 2.05) is 6.92 Å². The molecule has 0 aliphatic rings. The Morgan fingerprint density at radius 2 is 2.00 bits per heavy atom. The number of aromatic nitrogens is 4. The fourth-order valence-corrected chi connectivity index (χ4v) is 4.56. The van der Waals surface area contributed by atoms with Gasteiger partial charge in [0.2, 0.25) is 5.91 Å². The lowest BCUT2D eigenvalue weighted by atomic mass is 10.1. The summed E-state index contributed by atoms with van der Waals surface area (Å²) < 4.78 is 21.4. The monoisotopic (exact) mass is 469 g/mol. The average molecular weight is 470 g/mol. The summed E-state index contributed by atoms with van der Waals surface area (Å²) in [5.41, 5.74) is 3.19. The minimum atomic E-state index is -0.333. The molecular weight excluding hydrogens is 445 g/mol. The van der Waals surface area contributed by atoms with Crippen LogP contribution >= 0.6 is 11.3 Å². The summed E-state index contributed by atoms with van der Waals surface area (Å²) in [6, 6.07) is 7.78. The first-order valence-electron chi connectivity index (χ1n) is 10.5. The Labute approximate surface area is 193 Å². The lowest BCUT2D eigenvalue weighted by Gasteiger charge is -2.07. The Balaban J connectivity index is 1.69. The Bertz CT molecular complexity index is 1360. The minimum absolute atomic E-state index is 0.0696. The van der Waals surface area contributed by atoms with Gasteiger partial charge in [-0.3, -0.25) is 14.0 Å². The number of amides is 1. The lowest BCUT2D eigenvalue weighted by Crippen LogP contribution is -2.28. The van der Waals surface area contributed by atoms with E-state index in [1.165, 1.54) is 27.9 Å². The quantitative estimate of drug-likeness (QED) is 0.401. The van der Waals surface area contributed by atoms with Crippen molar-refractivity contribution in [3.63, 3.8) is 0 Å². The standard InChI is InChI=1S/C23H24FN5O3S/c1-14-11-19(27-29(14)17-7-5-16(24)6-8-17)21-15(2)26-23-28(22(21)31)18(13-33-23)12-20(30)25-9-4-10-32-3/h5-8,11,13H,4,9-10,12H2,1-3H3,(H,25,30). The highest BCUT2D eigenvalue weighted by atomic mass is 32.1. The van der Waals surface area contributed by atoms with Crippen LogP contribution in [0.4, 0.5) is 4.39 Å². The third-order valence-corrected chi connectivity index (χ3v) is 6.10. The molecule has 0 bridgehead atoms. The number of halogens is 1. The number of nitrogens with one attached hydrogen (secondary N) is 1. The van der Waals surface area contributed by atoms with Crippen LogP contribution in [0.3, 0.4) is 0 Å². The Kier molecular flexibility index (Phi) is 6.66. The molecule has 3 aromatic heterocycles. The van der Waals surface area contributed by atoms with Crippen molar-refractivity contribution in [2.45, 2.75) is 26.7 Å². The molecule has 0 radical (unpaired) electrons. The van der Waals surface area contributed by atoms with Crippen LogP contribution in [0.5, 0.6) is 0 Å². The second-order valence-corrected chi connectivity index (χ2v) is 8.49. The zero-order chi connectivity index (χ0) is 23.5. The van der Waals surface area contributed by atoms with Gasteiger partial charge in [-0.1, -0.05) is 0 Å². The van der Waals surface area contributed by atoms with Crippen LogP contribution in [0.25, 0.3) is 21.9 Å². The van der Waals surface area contributed by atoms with Gasteiger partial charge in [0, 0.05) is 37.0 Å². The molecule has 0 saturated heterocycles. The number of hydrogen-bond acceptors (Lipinski definition) is 6. The number of thiazole rings is 1. The number of aryl methyl sites for hydroxylation is 2. The number of nitrogens with zero attached hydrogens (tertiary/aromatic N) is 4. The van der Waals surface area contributed by atoms with Gasteiger partial charge < -0.3 is 10.1 Å². The molecule has 1 aromatic carbocycles. The van der Waals surface area contributed by atoms with Gasteiger partial charge in [-0.25, -0.2) is 14.1 Å². The van der Waals surface area contributed by atoms with Gasteiger partial charge in [-0.05, 0) is 50.6 Å². The number of carbonyl (C=O) groups excluding carboxylic acids is 1. The van der Waals surface area contributed by atoms with E-state index in [2.05, 4.69) is 15.4 Å². The smallest absolute Gasteiger partial charge is 0.268 e. The largest absolute Gasteiger partial charge is 0.385 e. The minimum Gasteiger partial charge on any atom is -0.385 e.